The molecule has 10 heteroatoms. The molecule has 0 aliphatic carbocycles. The summed E-state index contributed by atoms with van der Waals surface area (Å²) in [5.41, 5.74) is 4.34. The number of para-hydroxylation sites is 1. The lowest BCUT2D eigenvalue weighted by molar-refractivity contribution is 0.0193. The van der Waals surface area contributed by atoms with Crippen molar-refractivity contribution >= 4 is 17.5 Å². The second kappa shape index (κ2) is 15.2. The molecule has 0 spiro atoms. The fourth-order valence-electron chi connectivity index (χ4n) is 7.34. The molecule has 268 valence electrons. The number of amides is 2. The van der Waals surface area contributed by atoms with E-state index in [0.717, 1.165) is 41.9 Å². The summed E-state index contributed by atoms with van der Waals surface area (Å²) in [7, 11) is 1.73. The lowest BCUT2D eigenvalue weighted by Gasteiger charge is -2.40. The van der Waals surface area contributed by atoms with Crippen molar-refractivity contribution in [3.8, 4) is 11.3 Å². The summed E-state index contributed by atoms with van der Waals surface area (Å²) in [6.07, 6.45) is -2.51. The Morgan fingerprint density at radius 2 is 1.52 bits per heavy atom. The molecular weight excluding hydrogens is 665 g/mol. The van der Waals surface area contributed by atoms with Crippen molar-refractivity contribution in [1.29, 1.82) is 0 Å². The van der Waals surface area contributed by atoms with Gasteiger partial charge in [0.25, 0.3) is 18.2 Å². The Bertz CT molecular complexity index is 2060. The third-order valence-corrected chi connectivity index (χ3v) is 10.3. The molecule has 0 radical (unpaired) electrons. The highest BCUT2D eigenvalue weighted by Gasteiger charge is 2.35. The van der Waals surface area contributed by atoms with Crippen molar-refractivity contribution < 1.29 is 27.5 Å². The number of halogens is 3. The van der Waals surface area contributed by atoms with E-state index in [1.54, 1.807) is 34.4 Å². The van der Waals surface area contributed by atoms with E-state index >= 15 is 4.39 Å². The van der Waals surface area contributed by atoms with Crippen LogP contribution >= 0.6 is 0 Å². The van der Waals surface area contributed by atoms with Gasteiger partial charge in [-0.1, -0.05) is 72.8 Å². The predicted molar refractivity (Wildman–Crippen MR) is 195 cm³/mol. The summed E-state index contributed by atoms with van der Waals surface area (Å²) in [5, 5.41) is 0. The monoisotopic (exact) mass is 706 g/mol. The van der Waals surface area contributed by atoms with Gasteiger partial charge in [0.05, 0.1) is 36.4 Å². The molecule has 4 aromatic carbocycles. The Morgan fingerprint density at radius 3 is 2.21 bits per heavy atom. The number of carbonyl (C=O) groups is 2. The maximum Gasteiger partial charge on any atom is 0.266 e. The predicted octanol–water partition coefficient (Wildman–Crippen LogP) is 7.82. The molecule has 3 heterocycles. The molecule has 1 unspecified atom stereocenters. The minimum absolute atomic E-state index is 0.0305. The fraction of sp³-hybridized carbons (Fsp3) is 0.286. The molecule has 1 atom stereocenters. The highest BCUT2D eigenvalue weighted by atomic mass is 19.3. The second-order valence-corrected chi connectivity index (χ2v) is 13.5. The number of hydrogen-bond donors (Lipinski definition) is 0. The topological polar surface area (TPSA) is 58.0 Å². The van der Waals surface area contributed by atoms with Crippen molar-refractivity contribution in [3.63, 3.8) is 0 Å². The van der Waals surface area contributed by atoms with Crippen LogP contribution in [0.4, 0.5) is 18.9 Å². The zero-order valence-corrected chi connectivity index (χ0v) is 29.3. The van der Waals surface area contributed by atoms with E-state index in [9.17, 15) is 18.4 Å². The van der Waals surface area contributed by atoms with E-state index in [1.165, 1.54) is 0 Å². The first-order valence-corrected chi connectivity index (χ1v) is 17.6. The van der Waals surface area contributed by atoms with Crippen LogP contribution in [-0.2, 0) is 31.3 Å². The standard InChI is InChI=1S/C42H41F3N4O3/c1-28-34(41(50)48(32-15-7-4-8-16-32)25-29-11-5-3-6-12-29)24-39(46(28)2)35-22-37(40(44)45)38(43)23-36(35)42(51)49-26-31-14-10-9-13-30(31)21-33(49)27-47-17-19-52-20-18-47/h3-16,22-24,33,40H,17-21,25-27H2,1-2H3. The van der Waals surface area contributed by atoms with Gasteiger partial charge in [0, 0.05) is 61.9 Å². The largest absolute Gasteiger partial charge is 0.379 e. The average Bonchev–Trinajstić information content (AvgIpc) is 3.46. The molecule has 0 N–H and O–H groups in total. The summed E-state index contributed by atoms with van der Waals surface area (Å²) < 4.78 is 51.4. The number of fused-ring (bicyclic) bond motifs is 1. The lowest BCUT2D eigenvalue weighted by atomic mass is 9.91. The van der Waals surface area contributed by atoms with Crippen molar-refractivity contribution in [3.05, 3.63) is 148 Å². The maximum atomic E-state index is 15.5. The normalized spacial score (nSPS) is 16.2. The number of benzene rings is 4. The molecule has 2 aliphatic rings. The second-order valence-electron chi connectivity index (χ2n) is 13.5. The summed E-state index contributed by atoms with van der Waals surface area (Å²) in [5.74, 6) is -1.90. The number of anilines is 1. The Kier molecular flexibility index (Phi) is 10.3. The Labute approximate surface area is 301 Å². The minimum atomic E-state index is -3.11. The molecule has 0 saturated carbocycles. The molecule has 5 aromatic rings. The van der Waals surface area contributed by atoms with E-state index in [4.69, 9.17) is 4.74 Å². The van der Waals surface area contributed by atoms with Gasteiger partial charge in [-0.15, -0.1) is 0 Å². The molecule has 0 bridgehead atoms. The number of rotatable bonds is 9. The van der Waals surface area contributed by atoms with E-state index < -0.39 is 23.7 Å². The highest BCUT2D eigenvalue weighted by Crippen LogP contribution is 2.36. The molecule has 1 saturated heterocycles. The summed E-state index contributed by atoms with van der Waals surface area (Å²) in [6, 6.07) is 30.3. The van der Waals surface area contributed by atoms with Gasteiger partial charge in [0.2, 0.25) is 0 Å². The number of alkyl halides is 2. The van der Waals surface area contributed by atoms with Gasteiger partial charge in [-0.3, -0.25) is 14.5 Å². The Hall–Kier alpha value is -5.19. The van der Waals surface area contributed by atoms with Gasteiger partial charge >= 0.3 is 0 Å². The first kappa shape index (κ1) is 35.2. The zero-order chi connectivity index (χ0) is 36.4. The van der Waals surface area contributed by atoms with Crippen LogP contribution in [0.5, 0.6) is 0 Å². The number of ether oxygens (including phenoxy) is 1. The molecule has 2 aliphatic heterocycles. The van der Waals surface area contributed by atoms with Crippen LogP contribution in [-0.4, -0.2) is 65.1 Å². The number of aromatic nitrogens is 1. The maximum absolute atomic E-state index is 15.5. The number of morpholine rings is 1. The van der Waals surface area contributed by atoms with Crippen LogP contribution in [0.3, 0.4) is 0 Å². The highest BCUT2D eigenvalue weighted by molar-refractivity contribution is 6.08. The quantitative estimate of drug-likeness (QED) is 0.157. The smallest absolute Gasteiger partial charge is 0.266 e. The average molecular weight is 707 g/mol. The van der Waals surface area contributed by atoms with Gasteiger partial charge in [-0.05, 0) is 60.4 Å². The van der Waals surface area contributed by atoms with Crippen LogP contribution < -0.4 is 4.90 Å². The van der Waals surface area contributed by atoms with Crippen LogP contribution in [0.2, 0.25) is 0 Å². The zero-order valence-electron chi connectivity index (χ0n) is 29.3. The SMILES string of the molecule is Cc1c(C(=O)N(Cc2ccccc2)c2ccccc2)cc(-c2cc(C(F)F)c(F)cc2C(=O)N2Cc3ccccc3CC2CN2CCOCC2)n1C. The molecule has 1 aromatic heterocycles. The Balaban J connectivity index is 1.30. The van der Waals surface area contributed by atoms with Gasteiger partial charge in [0.15, 0.2) is 0 Å². The summed E-state index contributed by atoms with van der Waals surface area (Å²) in [4.78, 5) is 34.9. The van der Waals surface area contributed by atoms with E-state index in [0.29, 0.717) is 61.9 Å². The molecule has 7 nitrogen and oxygen atoms in total. The number of hydrogen-bond acceptors (Lipinski definition) is 4. The van der Waals surface area contributed by atoms with E-state index in [2.05, 4.69) is 11.0 Å². The summed E-state index contributed by atoms with van der Waals surface area (Å²) >= 11 is 0. The van der Waals surface area contributed by atoms with Crippen LogP contribution in [0, 0.1) is 12.7 Å². The number of nitrogens with zero attached hydrogens (tertiary/aromatic N) is 4. The van der Waals surface area contributed by atoms with Gasteiger partial charge < -0.3 is 19.1 Å². The van der Waals surface area contributed by atoms with Gasteiger partial charge in [-0.25, -0.2) is 13.2 Å². The van der Waals surface area contributed by atoms with Crippen molar-refractivity contribution in [2.75, 3.05) is 37.7 Å². The van der Waals surface area contributed by atoms with Crippen LogP contribution in [0.15, 0.2) is 103 Å². The van der Waals surface area contributed by atoms with Gasteiger partial charge in [0.1, 0.15) is 5.82 Å². The summed E-state index contributed by atoms with van der Waals surface area (Å²) in [6.45, 7) is 5.62. The first-order chi connectivity index (χ1) is 25.2. The third kappa shape index (κ3) is 7.13. The first-order valence-electron chi connectivity index (χ1n) is 17.6. The van der Waals surface area contributed by atoms with E-state index in [-0.39, 0.29) is 23.1 Å². The minimum Gasteiger partial charge on any atom is -0.379 e. The number of carbonyl (C=O) groups excluding carboxylic acids is 2. The third-order valence-electron chi connectivity index (χ3n) is 10.3. The van der Waals surface area contributed by atoms with Crippen molar-refractivity contribution in [2.24, 2.45) is 7.05 Å². The van der Waals surface area contributed by atoms with Gasteiger partial charge in [-0.2, -0.15) is 0 Å². The van der Waals surface area contributed by atoms with Crippen molar-refractivity contribution in [2.45, 2.75) is 38.9 Å². The molecule has 7 rings (SSSR count). The van der Waals surface area contributed by atoms with E-state index in [1.807, 2.05) is 78.9 Å². The molecular formula is C42H41F3N4O3. The molecule has 52 heavy (non-hydrogen) atoms. The van der Waals surface area contributed by atoms with Crippen LogP contribution in [0.25, 0.3) is 11.3 Å². The van der Waals surface area contributed by atoms with Crippen LogP contribution in [0.1, 0.15) is 55.1 Å². The van der Waals surface area contributed by atoms with Crippen molar-refractivity contribution in [1.82, 2.24) is 14.4 Å². The Morgan fingerprint density at radius 1 is 0.865 bits per heavy atom. The molecule has 2 amide bonds. The molecule has 1 fully saturated rings. The lowest BCUT2D eigenvalue weighted by Crippen LogP contribution is -2.52. The fourth-order valence-corrected chi connectivity index (χ4v) is 7.34.